The van der Waals surface area contributed by atoms with Gasteiger partial charge in [-0.2, -0.15) is 0 Å². The van der Waals surface area contributed by atoms with Crippen LogP contribution in [0.3, 0.4) is 0 Å². The maximum Gasteiger partial charge on any atom is 0.0601 e. The second-order valence-electron chi connectivity index (χ2n) is 5.79. The molecule has 3 aliphatic rings. The van der Waals surface area contributed by atoms with Gasteiger partial charge in [-0.3, -0.25) is 10.2 Å². The van der Waals surface area contributed by atoms with Gasteiger partial charge >= 0.3 is 0 Å². The fraction of sp³-hybridized carbons (Fsp3) is 0.857. The first-order valence-electron chi connectivity index (χ1n) is 7.02. The minimum Gasteiger partial charge on any atom is -0.295 e. The van der Waals surface area contributed by atoms with Gasteiger partial charge in [0.05, 0.1) is 6.17 Å². The summed E-state index contributed by atoms with van der Waals surface area (Å²) in [6, 6.07) is 0.632. The van der Waals surface area contributed by atoms with Gasteiger partial charge < -0.3 is 0 Å². The molecule has 0 spiro atoms. The fourth-order valence-electron chi connectivity index (χ4n) is 3.82. The van der Waals surface area contributed by atoms with E-state index in [1.165, 1.54) is 63.6 Å². The van der Waals surface area contributed by atoms with Gasteiger partial charge in [0.1, 0.15) is 0 Å². The molecular formula is C14H24N2. The van der Waals surface area contributed by atoms with Crippen LogP contribution in [0.2, 0.25) is 0 Å². The Kier molecular flexibility index (Phi) is 3.03. The zero-order valence-corrected chi connectivity index (χ0v) is 10.3. The first-order chi connectivity index (χ1) is 7.84. The number of piperidine rings is 1. The van der Waals surface area contributed by atoms with E-state index in [0.717, 1.165) is 5.92 Å². The van der Waals surface area contributed by atoms with Crippen LogP contribution in [0, 0.1) is 5.92 Å². The summed E-state index contributed by atoms with van der Waals surface area (Å²) in [5, 5.41) is 3.87. The van der Waals surface area contributed by atoms with Gasteiger partial charge in [-0.25, -0.2) is 0 Å². The van der Waals surface area contributed by atoms with Crippen LogP contribution in [0.1, 0.15) is 44.9 Å². The van der Waals surface area contributed by atoms with Gasteiger partial charge in [-0.1, -0.05) is 12.2 Å². The van der Waals surface area contributed by atoms with Crippen molar-refractivity contribution in [2.24, 2.45) is 5.92 Å². The van der Waals surface area contributed by atoms with E-state index in [9.17, 15) is 0 Å². The highest BCUT2D eigenvalue weighted by molar-refractivity contribution is 5.13. The highest BCUT2D eigenvalue weighted by atomic mass is 15.3. The average molecular weight is 220 g/mol. The van der Waals surface area contributed by atoms with E-state index in [2.05, 4.69) is 16.8 Å². The van der Waals surface area contributed by atoms with Crippen molar-refractivity contribution in [3.63, 3.8) is 0 Å². The van der Waals surface area contributed by atoms with Crippen LogP contribution in [0.15, 0.2) is 12.2 Å². The molecule has 3 rings (SSSR count). The maximum atomic E-state index is 4.28. The molecule has 0 bridgehead atoms. The van der Waals surface area contributed by atoms with Gasteiger partial charge in [0.15, 0.2) is 0 Å². The van der Waals surface area contributed by atoms with Crippen molar-refractivity contribution in [2.45, 2.75) is 57.2 Å². The molecule has 0 aromatic heterocycles. The Bertz CT molecular complexity index is 268. The lowest BCUT2D eigenvalue weighted by Crippen LogP contribution is -2.56. The second-order valence-corrected chi connectivity index (χ2v) is 5.79. The topological polar surface area (TPSA) is 15.3 Å². The molecule has 2 saturated heterocycles. The molecular weight excluding hydrogens is 196 g/mol. The molecule has 1 N–H and O–H groups in total. The van der Waals surface area contributed by atoms with Crippen molar-refractivity contribution >= 4 is 0 Å². The van der Waals surface area contributed by atoms with Crippen LogP contribution in [-0.4, -0.2) is 30.2 Å². The maximum absolute atomic E-state index is 4.28. The monoisotopic (exact) mass is 220 g/mol. The smallest absolute Gasteiger partial charge is 0.0601 e. The summed E-state index contributed by atoms with van der Waals surface area (Å²) in [4.78, 5) is 2.65. The van der Waals surface area contributed by atoms with Crippen LogP contribution in [-0.2, 0) is 0 Å². The van der Waals surface area contributed by atoms with Crippen molar-refractivity contribution in [3.05, 3.63) is 12.2 Å². The van der Waals surface area contributed by atoms with Gasteiger partial charge in [0, 0.05) is 6.04 Å². The molecule has 90 valence electrons. The van der Waals surface area contributed by atoms with Crippen LogP contribution >= 0.6 is 0 Å². The third kappa shape index (κ3) is 1.93. The van der Waals surface area contributed by atoms with E-state index in [-0.39, 0.29) is 0 Å². The lowest BCUT2D eigenvalue weighted by atomic mass is 9.76. The number of hydrogen-bond donors (Lipinski definition) is 1. The Labute approximate surface area is 99.1 Å². The number of likely N-dealkylation sites (tertiary alicyclic amines) is 1. The summed E-state index contributed by atoms with van der Waals surface area (Å²) in [6.07, 6.45) is 10.3. The molecule has 0 amide bonds. The molecule has 3 unspecified atom stereocenters. The van der Waals surface area contributed by atoms with E-state index in [1.54, 1.807) is 0 Å². The second kappa shape index (κ2) is 4.50. The quantitative estimate of drug-likeness (QED) is 0.683. The fourth-order valence-corrected chi connectivity index (χ4v) is 3.82. The van der Waals surface area contributed by atoms with E-state index >= 15 is 0 Å². The minimum absolute atomic E-state index is 0.632. The van der Waals surface area contributed by atoms with Crippen LogP contribution in [0.5, 0.6) is 0 Å². The molecule has 2 heterocycles. The van der Waals surface area contributed by atoms with E-state index in [4.69, 9.17) is 0 Å². The highest BCUT2D eigenvalue weighted by Gasteiger charge is 2.36. The summed E-state index contributed by atoms with van der Waals surface area (Å²) in [6.45, 7) is 6.89. The zero-order chi connectivity index (χ0) is 11.0. The number of rotatable bonds is 1. The van der Waals surface area contributed by atoms with Crippen LogP contribution in [0.25, 0.3) is 0 Å². The van der Waals surface area contributed by atoms with Gasteiger partial charge in [-0.05, 0) is 64.0 Å². The lowest BCUT2D eigenvalue weighted by Gasteiger charge is -2.44. The summed E-state index contributed by atoms with van der Waals surface area (Å²) >= 11 is 0. The number of hydrogen-bond acceptors (Lipinski definition) is 2. The molecule has 16 heavy (non-hydrogen) atoms. The van der Waals surface area contributed by atoms with Crippen molar-refractivity contribution < 1.29 is 0 Å². The first-order valence-corrected chi connectivity index (χ1v) is 7.02. The molecule has 2 heteroatoms. The van der Waals surface area contributed by atoms with Crippen LogP contribution < -0.4 is 5.32 Å². The van der Waals surface area contributed by atoms with Crippen LogP contribution in [0.4, 0.5) is 0 Å². The van der Waals surface area contributed by atoms with Crippen molar-refractivity contribution in [3.8, 4) is 0 Å². The third-order valence-corrected chi connectivity index (χ3v) is 4.75. The summed E-state index contributed by atoms with van der Waals surface area (Å²) < 4.78 is 0. The summed E-state index contributed by atoms with van der Waals surface area (Å²) in [7, 11) is 0. The van der Waals surface area contributed by atoms with E-state index < -0.39 is 0 Å². The van der Waals surface area contributed by atoms with E-state index in [0.29, 0.717) is 12.2 Å². The molecule has 1 aliphatic carbocycles. The first kappa shape index (κ1) is 10.8. The molecule has 0 aromatic carbocycles. The van der Waals surface area contributed by atoms with Gasteiger partial charge in [-0.15, -0.1) is 0 Å². The normalized spacial score (nSPS) is 41.0. The lowest BCUT2D eigenvalue weighted by molar-refractivity contribution is 0.109. The molecule has 3 atom stereocenters. The largest absolute Gasteiger partial charge is 0.295 e. The molecule has 1 saturated carbocycles. The Hall–Kier alpha value is -0.340. The molecule has 0 aromatic rings. The zero-order valence-electron chi connectivity index (χ0n) is 10.3. The number of fused-ring (bicyclic) bond motifs is 1. The predicted octanol–water partition coefficient (Wildman–Crippen LogP) is 2.52. The Morgan fingerprint density at radius 3 is 2.69 bits per heavy atom. The molecule has 3 fully saturated rings. The number of nitrogens with zero attached hydrogens (tertiary/aromatic N) is 1. The van der Waals surface area contributed by atoms with E-state index in [1.807, 2.05) is 0 Å². The predicted molar refractivity (Wildman–Crippen MR) is 67.2 cm³/mol. The average Bonchev–Trinajstić information content (AvgIpc) is 2.83. The Morgan fingerprint density at radius 1 is 1.06 bits per heavy atom. The molecule has 0 radical (unpaired) electrons. The Morgan fingerprint density at radius 2 is 1.88 bits per heavy atom. The van der Waals surface area contributed by atoms with Crippen molar-refractivity contribution in [1.82, 2.24) is 10.2 Å². The summed E-state index contributed by atoms with van der Waals surface area (Å²) in [5.74, 6) is 0.889. The Balaban J connectivity index is 1.65. The standard InChI is InChI=1S/C14H24N2/c1-11-5-4-6-12-7-8-13(15-14(11)12)16-9-2-3-10-16/h12-15H,1-10H2. The van der Waals surface area contributed by atoms with Crippen molar-refractivity contribution in [2.75, 3.05) is 13.1 Å². The third-order valence-electron chi connectivity index (χ3n) is 4.75. The van der Waals surface area contributed by atoms with Gasteiger partial charge in [0.2, 0.25) is 0 Å². The summed E-state index contributed by atoms with van der Waals surface area (Å²) in [5.41, 5.74) is 1.47. The SMILES string of the molecule is C=C1CCCC2CCC(N3CCCC3)NC12. The van der Waals surface area contributed by atoms with Crippen molar-refractivity contribution in [1.29, 1.82) is 0 Å². The highest BCUT2D eigenvalue weighted by Crippen LogP contribution is 2.35. The molecule has 2 aliphatic heterocycles. The minimum atomic E-state index is 0.632. The van der Waals surface area contributed by atoms with Gasteiger partial charge in [0.25, 0.3) is 0 Å². The number of nitrogens with one attached hydrogen (secondary N) is 1. The molecule has 2 nitrogen and oxygen atoms in total.